The largest absolute Gasteiger partial charge is 0.437 e. The van der Waals surface area contributed by atoms with Gasteiger partial charge in [0.25, 0.3) is 0 Å². The molecule has 2 aliphatic rings. The standard InChI is InChI=1S/C7H16BNO2.C7H14BNO2/c2*1-6-5-9(8(2)11)4-3-7(6)10/h6-7,10-11H,3-5H2,1-2H3;6,11H,3-5H2,1-2H3. The molecule has 2 aliphatic heterocycles. The van der Waals surface area contributed by atoms with E-state index < -0.39 is 7.05 Å². The van der Waals surface area contributed by atoms with Crippen molar-refractivity contribution >= 4 is 19.9 Å². The molecule has 0 spiro atoms. The highest BCUT2D eigenvalue weighted by atomic mass is 16.3. The molecule has 0 bridgehead atoms. The highest BCUT2D eigenvalue weighted by molar-refractivity contribution is 6.45. The highest BCUT2D eigenvalue weighted by Gasteiger charge is 2.28. The molecular weight excluding hydrogens is 282 g/mol. The summed E-state index contributed by atoms with van der Waals surface area (Å²) in [4.78, 5) is 15.0. The Morgan fingerprint density at radius 1 is 1.05 bits per heavy atom. The summed E-state index contributed by atoms with van der Waals surface area (Å²) in [5, 5.41) is 27.8. The second-order valence-electron chi connectivity index (χ2n) is 6.70. The van der Waals surface area contributed by atoms with Crippen molar-refractivity contribution in [2.24, 2.45) is 11.8 Å². The Morgan fingerprint density at radius 3 is 2.05 bits per heavy atom. The molecule has 0 amide bonds. The molecule has 3 unspecified atom stereocenters. The summed E-state index contributed by atoms with van der Waals surface area (Å²) in [6.07, 6.45) is 1.20. The summed E-state index contributed by atoms with van der Waals surface area (Å²) in [5.74, 6) is 0.707. The molecule has 2 heterocycles. The van der Waals surface area contributed by atoms with Gasteiger partial charge in [0, 0.05) is 12.3 Å². The van der Waals surface area contributed by atoms with Crippen LogP contribution in [0.5, 0.6) is 0 Å². The Hall–Kier alpha value is -0.400. The zero-order valence-electron chi connectivity index (χ0n) is 14.3. The number of nitrogens with zero attached hydrogens (tertiary/aromatic N) is 2. The van der Waals surface area contributed by atoms with E-state index in [-0.39, 0.29) is 19.1 Å². The van der Waals surface area contributed by atoms with E-state index in [0.717, 1.165) is 19.5 Å². The molecule has 126 valence electrons. The van der Waals surface area contributed by atoms with E-state index in [1.165, 1.54) is 0 Å². The summed E-state index contributed by atoms with van der Waals surface area (Å²) in [6.45, 7) is 10.5. The molecule has 3 atom stereocenters. The van der Waals surface area contributed by atoms with Gasteiger partial charge in [-0.3, -0.25) is 4.79 Å². The van der Waals surface area contributed by atoms with Gasteiger partial charge in [-0.05, 0) is 52.2 Å². The van der Waals surface area contributed by atoms with Crippen LogP contribution in [0.3, 0.4) is 0 Å². The number of aliphatic hydroxyl groups excluding tert-OH is 1. The van der Waals surface area contributed by atoms with E-state index >= 15 is 0 Å². The van der Waals surface area contributed by atoms with Crippen molar-refractivity contribution in [3.8, 4) is 0 Å². The molecule has 0 aromatic rings. The summed E-state index contributed by atoms with van der Waals surface area (Å²) in [5.41, 5.74) is 0. The van der Waals surface area contributed by atoms with Gasteiger partial charge in [0.15, 0.2) is 0 Å². The van der Waals surface area contributed by atoms with E-state index in [2.05, 4.69) is 0 Å². The lowest BCUT2D eigenvalue weighted by Crippen LogP contribution is -2.48. The number of carbonyl (C=O) groups excluding carboxylic acids is 1. The van der Waals surface area contributed by atoms with Gasteiger partial charge in [0.1, 0.15) is 5.78 Å². The van der Waals surface area contributed by atoms with Crippen LogP contribution in [-0.4, -0.2) is 76.9 Å². The molecular formula is C14H30B2N2O4. The van der Waals surface area contributed by atoms with Crippen LogP contribution >= 0.6 is 0 Å². The summed E-state index contributed by atoms with van der Waals surface area (Å²) in [7, 11) is -0.782. The topological polar surface area (TPSA) is 84.2 Å². The molecule has 2 fully saturated rings. The van der Waals surface area contributed by atoms with Crippen molar-refractivity contribution in [2.75, 3.05) is 26.2 Å². The van der Waals surface area contributed by atoms with Crippen molar-refractivity contribution < 1.29 is 19.9 Å². The Morgan fingerprint density at radius 2 is 1.59 bits per heavy atom. The fourth-order valence-corrected chi connectivity index (χ4v) is 2.89. The van der Waals surface area contributed by atoms with Gasteiger partial charge in [0.2, 0.25) is 0 Å². The lowest BCUT2D eigenvalue weighted by Gasteiger charge is -2.34. The molecule has 0 aromatic heterocycles. The monoisotopic (exact) mass is 312 g/mol. The van der Waals surface area contributed by atoms with Gasteiger partial charge in [-0.1, -0.05) is 13.8 Å². The first-order valence-corrected chi connectivity index (χ1v) is 8.27. The van der Waals surface area contributed by atoms with Gasteiger partial charge in [-0.25, -0.2) is 0 Å². The lowest BCUT2D eigenvalue weighted by molar-refractivity contribution is -0.124. The first-order chi connectivity index (χ1) is 10.2. The summed E-state index contributed by atoms with van der Waals surface area (Å²) < 4.78 is 0. The van der Waals surface area contributed by atoms with Crippen LogP contribution in [0.15, 0.2) is 0 Å². The van der Waals surface area contributed by atoms with Crippen LogP contribution in [0.4, 0.5) is 0 Å². The molecule has 0 aromatic carbocycles. The van der Waals surface area contributed by atoms with Crippen LogP contribution in [0.25, 0.3) is 0 Å². The second kappa shape index (κ2) is 9.03. The summed E-state index contributed by atoms with van der Waals surface area (Å²) in [6, 6.07) is 0. The predicted molar refractivity (Wildman–Crippen MR) is 89.4 cm³/mol. The number of hydrogen-bond acceptors (Lipinski definition) is 6. The SMILES string of the molecule is CB(O)N1CCC(=O)C(C)C1.CB(O)N1CCC(O)C(C)C1. The van der Waals surface area contributed by atoms with Gasteiger partial charge in [0.05, 0.1) is 6.10 Å². The van der Waals surface area contributed by atoms with Crippen molar-refractivity contribution in [1.29, 1.82) is 0 Å². The van der Waals surface area contributed by atoms with Crippen molar-refractivity contribution in [3.63, 3.8) is 0 Å². The van der Waals surface area contributed by atoms with Gasteiger partial charge in [-0.15, -0.1) is 0 Å². The summed E-state index contributed by atoms with van der Waals surface area (Å²) >= 11 is 0. The third kappa shape index (κ3) is 6.01. The highest BCUT2D eigenvalue weighted by Crippen LogP contribution is 2.16. The fourth-order valence-electron chi connectivity index (χ4n) is 2.89. The minimum Gasteiger partial charge on any atom is -0.437 e. The average molecular weight is 312 g/mol. The van der Waals surface area contributed by atoms with E-state index in [9.17, 15) is 19.9 Å². The molecule has 22 heavy (non-hydrogen) atoms. The lowest BCUT2D eigenvalue weighted by atomic mass is 9.80. The predicted octanol–water partition coefficient (Wildman–Crippen LogP) is -0.193. The van der Waals surface area contributed by atoms with E-state index in [0.29, 0.717) is 31.2 Å². The number of hydrogen-bond donors (Lipinski definition) is 3. The zero-order valence-corrected chi connectivity index (χ0v) is 14.3. The molecule has 2 rings (SSSR count). The Balaban J connectivity index is 0.000000220. The number of Topliss-reactive ketones (excluding diaryl/α,β-unsaturated/α-hetero) is 1. The number of carbonyl (C=O) groups is 1. The fraction of sp³-hybridized carbons (Fsp3) is 0.929. The number of ketones is 1. The Kier molecular flexibility index (Phi) is 8.07. The molecule has 6 nitrogen and oxygen atoms in total. The molecule has 0 radical (unpaired) electrons. The van der Waals surface area contributed by atoms with Gasteiger partial charge < -0.3 is 24.8 Å². The maximum atomic E-state index is 11.1. The first kappa shape index (κ1) is 19.6. The van der Waals surface area contributed by atoms with E-state index in [1.54, 1.807) is 13.6 Å². The minimum absolute atomic E-state index is 0.0957. The molecule has 8 heteroatoms. The quantitative estimate of drug-likeness (QED) is 0.613. The number of piperidine rings is 2. The van der Waals surface area contributed by atoms with Crippen LogP contribution in [-0.2, 0) is 4.79 Å². The van der Waals surface area contributed by atoms with Crippen LogP contribution in [0, 0.1) is 11.8 Å². The van der Waals surface area contributed by atoms with Crippen LogP contribution in [0.1, 0.15) is 26.7 Å². The molecule has 0 aliphatic carbocycles. The third-order valence-corrected chi connectivity index (χ3v) is 4.65. The molecule has 3 N–H and O–H groups in total. The van der Waals surface area contributed by atoms with E-state index in [4.69, 9.17) is 0 Å². The molecule has 2 saturated heterocycles. The van der Waals surface area contributed by atoms with Crippen molar-refractivity contribution in [3.05, 3.63) is 0 Å². The average Bonchev–Trinajstić information content (AvgIpc) is 2.45. The van der Waals surface area contributed by atoms with Crippen LogP contribution in [0.2, 0.25) is 13.6 Å². The normalized spacial score (nSPS) is 30.5. The number of rotatable bonds is 2. The smallest absolute Gasteiger partial charge is 0.376 e. The van der Waals surface area contributed by atoms with E-state index in [1.807, 2.05) is 23.5 Å². The van der Waals surface area contributed by atoms with Gasteiger partial charge in [-0.2, -0.15) is 0 Å². The van der Waals surface area contributed by atoms with Gasteiger partial charge >= 0.3 is 14.1 Å². The molecule has 0 saturated carbocycles. The number of aliphatic hydroxyl groups is 1. The Bertz CT molecular complexity index is 358. The maximum absolute atomic E-state index is 11.1. The second-order valence-corrected chi connectivity index (χ2v) is 6.70. The Labute approximate surface area is 134 Å². The van der Waals surface area contributed by atoms with Crippen LogP contribution < -0.4 is 0 Å². The third-order valence-electron chi connectivity index (χ3n) is 4.65. The van der Waals surface area contributed by atoms with Crippen molar-refractivity contribution in [2.45, 2.75) is 46.4 Å². The minimum atomic E-state index is -0.412. The first-order valence-electron chi connectivity index (χ1n) is 8.27. The van der Waals surface area contributed by atoms with Crippen molar-refractivity contribution in [1.82, 2.24) is 9.62 Å². The zero-order chi connectivity index (χ0) is 16.9. The maximum Gasteiger partial charge on any atom is 0.376 e.